The Morgan fingerprint density at radius 3 is 2.85 bits per heavy atom. The molecule has 7 nitrogen and oxygen atoms in total. The maximum absolute atomic E-state index is 11.0. The molecule has 0 atom stereocenters. The first-order chi connectivity index (χ1) is 6.14. The van der Waals surface area contributed by atoms with Crippen molar-refractivity contribution >= 4 is 21.6 Å². The molecule has 1 heterocycles. The molecule has 0 aromatic carbocycles. The van der Waals surface area contributed by atoms with E-state index in [9.17, 15) is 8.42 Å². The SMILES string of the molecule is O=S(=O)(CCCl)NCc1nn[nH]n1. The van der Waals surface area contributed by atoms with Gasteiger partial charge in [-0.05, 0) is 0 Å². The minimum Gasteiger partial charge on any atom is -0.212 e. The molecule has 74 valence electrons. The van der Waals surface area contributed by atoms with E-state index in [-0.39, 0.29) is 24.0 Å². The molecule has 0 fully saturated rings. The average molecular weight is 226 g/mol. The molecular formula is C4H8ClN5O2S. The van der Waals surface area contributed by atoms with Crippen LogP contribution in [-0.2, 0) is 16.6 Å². The largest absolute Gasteiger partial charge is 0.213 e. The molecule has 2 N–H and O–H groups in total. The highest BCUT2D eigenvalue weighted by Gasteiger charge is 2.09. The Kier molecular flexibility index (Phi) is 3.58. The zero-order valence-corrected chi connectivity index (χ0v) is 8.14. The van der Waals surface area contributed by atoms with Crippen LogP contribution >= 0.6 is 11.6 Å². The monoisotopic (exact) mass is 225 g/mol. The Balaban J connectivity index is 2.43. The van der Waals surface area contributed by atoms with Gasteiger partial charge in [0.05, 0.1) is 12.3 Å². The highest BCUT2D eigenvalue weighted by Crippen LogP contribution is 1.89. The second-order valence-corrected chi connectivity index (χ2v) is 4.46. The molecule has 0 spiro atoms. The number of nitrogens with one attached hydrogen (secondary N) is 2. The molecule has 0 bridgehead atoms. The lowest BCUT2D eigenvalue weighted by molar-refractivity contribution is 0.581. The molecule has 1 rings (SSSR count). The molecule has 0 aliphatic carbocycles. The lowest BCUT2D eigenvalue weighted by atomic mass is 10.7. The van der Waals surface area contributed by atoms with Crippen molar-refractivity contribution in [3.05, 3.63) is 5.82 Å². The number of rotatable bonds is 5. The fraction of sp³-hybridized carbons (Fsp3) is 0.750. The summed E-state index contributed by atoms with van der Waals surface area (Å²) in [6.45, 7) is 0.0235. The second kappa shape index (κ2) is 4.49. The summed E-state index contributed by atoms with van der Waals surface area (Å²) in [4.78, 5) is 0. The van der Waals surface area contributed by atoms with Crippen molar-refractivity contribution < 1.29 is 8.42 Å². The predicted octanol–water partition coefficient (Wildman–Crippen LogP) is -1.14. The lowest BCUT2D eigenvalue weighted by Gasteiger charge is -2.00. The van der Waals surface area contributed by atoms with Crippen molar-refractivity contribution in [1.82, 2.24) is 25.3 Å². The molecule has 0 aliphatic rings. The summed E-state index contributed by atoms with van der Waals surface area (Å²) in [5, 5.41) is 12.6. The van der Waals surface area contributed by atoms with Gasteiger partial charge in [0.25, 0.3) is 0 Å². The van der Waals surface area contributed by atoms with E-state index in [4.69, 9.17) is 11.6 Å². The Hall–Kier alpha value is -0.730. The van der Waals surface area contributed by atoms with Crippen LogP contribution in [0.15, 0.2) is 0 Å². The first-order valence-corrected chi connectivity index (χ1v) is 5.58. The van der Waals surface area contributed by atoms with Gasteiger partial charge in [-0.25, -0.2) is 13.1 Å². The molecule has 9 heteroatoms. The average Bonchev–Trinajstić information content (AvgIpc) is 2.52. The summed E-state index contributed by atoms with van der Waals surface area (Å²) in [6.07, 6.45) is 0. The van der Waals surface area contributed by atoms with Crippen LogP contribution in [0.25, 0.3) is 0 Å². The minimum atomic E-state index is -3.31. The first kappa shape index (κ1) is 10.4. The van der Waals surface area contributed by atoms with Crippen LogP contribution in [0.5, 0.6) is 0 Å². The van der Waals surface area contributed by atoms with Gasteiger partial charge < -0.3 is 0 Å². The zero-order chi connectivity index (χ0) is 9.73. The maximum Gasteiger partial charge on any atom is 0.213 e. The molecule has 0 radical (unpaired) electrons. The number of sulfonamides is 1. The van der Waals surface area contributed by atoms with E-state index in [0.717, 1.165) is 0 Å². The van der Waals surface area contributed by atoms with E-state index >= 15 is 0 Å². The second-order valence-electron chi connectivity index (χ2n) is 2.16. The Morgan fingerprint density at radius 1 is 1.54 bits per heavy atom. The Labute approximate surface area is 79.9 Å². The third-order valence-corrected chi connectivity index (χ3v) is 2.92. The summed E-state index contributed by atoms with van der Waals surface area (Å²) in [6, 6.07) is 0. The predicted molar refractivity (Wildman–Crippen MR) is 45.5 cm³/mol. The van der Waals surface area contributed by atoms with Crippen molar-refractivity contribution in [2.75, 3.05) is 11.6 Å². The lowest BCUT2D eigenvalue weighted by Crippen LogP contribution is -2.27. The van der Waals surface area contributed by atoms with Gasteiger partial charge in [0.15, 0.2) is 5.82 Å². The van der Waals surface area contributed by atoms with Crippen LogP contribution in [0.3, 0.4) is 0 Å². The van der Waals surface area contributed by atoms with Gasteiger partial charge in [0, 0.05) is 5.88 Å². The third-order valence-electron chi connectivity index (χ3n) is 1.19. The number of tetrazole rings is 1. The normalized spacial score (nSPS) is 11.8. The van der Waals surface area contributed by atoms with Crippen LogP contribution in [0.2, 0.25) is 0 Å². The smallest absolute Gasteiger partial charge is 0.212 e. The van der Waals surface area contributed by atoms with Gasteiger partial charge in [-0.3, -0.25) is 0 Å². The summed E-state index contributed by atoms with van der Waals surface area (Å²) < 4.78 is 24.4. The van der Waals surface area contributed by atoms with Gasteiger partial charge >= 0.3 is 0 Å². The topological polar surface area (TPSA) is 101 Å². The number of aromatic amines is 1. The van der Waals surface area contributed by atoms with Crippen molar-refractivity contribution in [2.24, 2.45) is 0 Å². The van der Waals surface area contributed by atoms with Crippen LogP contribution in [0.1, 0.15) is 5.82 Å². The molecular weight excluding hydrogens is 218 g/mol. The number of alkyl halides is 1. The number of aromatic nitrogens is 4. The minimum absolute atomic E-state index is 0.0235. The van der Waals surface area contributed by atoms with Gasteiger partial charge in [-0.2, -0.15) is 5.21 Å². The first-order valence-electron chi connectivity index (χ1n) is 3.39. The van der Waals surface area contributed by atoms with E-state index in [1.807, 2.05) is 0 Å². The summed E-state index contributed by atoms with van der Waals surface area (Å²) in [5.74, 6) is 0.228. The fourth-order valence-electron chi connectivity index (χ4n) is 0.606. The molecule has 0 unspecified atom stereocenters. The third kappa shape index (κ3) is 3.66. The van der Waals surface area contributed by atoms with Crippen LogP contribution < -0.4 is 4.72 Å². The van der Waals surface area contributed by atoms with Gasteiger partial charge in [-0.1, -0.05) is 5.21 Å². The highest BCUT2D eigenvalue weighted by molar-refractivity contribution is 7.89. The maximum atomic E-state index is 11.0. The van der Waals surface area contributed by atoms with Gasteiger partial charge in [-0.15, -0.1) is 21.8 Å². The van der Waals surface area contributed by atoms with Crippen LogP contribution in [0, 0.1) is 0 Å². The van der Waals surface area contributed by atoms with Crippen molar-refractivity contribution in [3.8, 4) is 0 Å². The van der Waals surface area contributed by atoms with E-state index in [0.29, 0.717) is 0 Å². The van der Waals surface area contributed by atoms with Crippen molar-refractivity contribution in [3.63, 3.8) is 0 Å². The van der Waals surface area contributed by atoms with Crippen LogP contribution in [-0.4, -0.2) is 40.7 Å². The summed E-state index contributed by atoms with van der Waals surface area (Å²) in [7, 11) is -3.31. The van der Waals surface area contributed by atoms with E-state index < -0.39 is 10.0 Å². The molecule has 0 saturated heterocycles. The molecule has 1 aromatic heterocycles. The summed E-state index contributed by atoms with van der Waals surface area (Å²) >= 11 is 5.28. The van der Waals surface area contributed by atoms with Crippen molar-refractivity contribution in [1.29, 1.82) is 0 Å². The molecule has 0 amide bonds. The number of halogens is 1. The molecule has 1 aromatic rings. The summed E-state index contributed by atoms with van der Waals surface area (Å²) in [5.41, 5.74) is 0. The number of hydrogen-bond donors (Lipinski definition) is 2. The molecule has 13 heavy (non-hydrogen) atoms. The fourth-order valence-corrected chi connectivity index (χ4v) is 1.91. The van der Waals surface area contributed by atoms with Crippen molar-refractivity contribution in [2.45, 2.75) is 6.54 Å². The van der Waals surface area contributed by atoms with E-state index in [1.165, 1.54) is 0 Å². The number of H-pyrrole nitrogens is 1. The number of nitrogens with zero attached hydrogens (tertiary/aromatic N) is 3. The van der Waals surface area contributed by atoms with E-state index in [1.54, 1.807) is 0 Å². The van der Waals surface area contributed by atoms with Gasteiger partial charge in [0.1, 0.15) is 0 Å². The Morgan fingerprint density at radius 2 is 2.31 bits per heavy atom. The highest BCUT2D eigenvalue weighted by atomic mass is 35.5. The quantitative estimate of drug-likeness (QED) is 0.617. The molecule has 0 aliphatic heterocycles. The van der Waals surface area contributed by atoms with E-state index in [2.05, 4.69) is 25.3 Å². The van der Waals surface area contributed by atoms with Gasteiger partial charge in [0.2, 0.25) is 10.0 Å². The Bertz CT molecular complexity index is 335. The molecule has 0 saturated carbocycles. The zero-order valence-electron chi connectivity index (χ0n) is 6.57. The number of hydrogen-bond acceptors (Lipinski definition) is 5. The standard InChI is InChI=1S/C4H8ClN5O2S/c5-1-2-13(11,12)6-3-4-7-9-10-8-4/h6H,1-3H2,(H,7,8,9,10). The van der Waals surface area contributed by atoms with Crippen LogP contribution in [0.4, 0.5) is 0 Å².